The SMILES string of the molecule is O=S(=O)(C=Cc1ccccc1)OCCO.[H-].[Na+]. The van der Waals surface area contributed by atoms with Crippen molar-refractivity contribution in [3.63, 3.8) is 0 Å². The van der Waals surface area contributed by atoms with Crippen LogP contribution in [0.1, 0.15) is 6.99 Å². The molecule has 0 spiro atoms. The Hall–Kier alpha value is -0.170. The van der Waals surface area contributed by atoms with Crippen molar-refractivity contribution in [2.45, 2.75) is 0 Å². The van der Waals surface area contributed by atoms with Crippen molar-refractivity contribution in [1.29, 1.82) is 0 Å². The van der Waals surface area contributed by atoms with Gasteiger partial charge < -0.3 is 6.53 Å². The normalized spacial score (nSPS) is 11.3. The van der Waals surface area contributed by atoms with Crippen molar-refractivity contribution in [1.82, 2.24) is 0 Å². The van der Waals surface area contributed by atoms with Gasteiger partial charge in [0.15, 0.2) is 0 Å². The molecule has 16 heavy (non-hydrogen) atoms. The molecule has 0 aromatic heterocycles. The van der Waals surface area contributed by atoms with Gasteiger partial charge in [-0.05, 0) is 11.6 Å². The zero-order valence-corrected chi connectivity index (χ0v) is 11.9. The third-order valence-electron chi connectivity index (χ3n) is 1.57. The first kappa shape index (κ1) is 15.8. The summed E-state index contributed by atoms with van der Waals surface area (Å²) < 4.78 is 26.7. The van der Waals surface area contributed by atoms with E-state index in [2.05, 4.69) is 4.18 Å². The van der Waals surface area contributed by atoms with E-state index in [0.717, 1.165) is 11.0 Å². The summed E-state index contributed by atoms with van der Waals surface area (Å²) in [6.07, 6.45) is 1.44. The van der Waals surface area contributed by atoms with Crippen molar-refractivity contribution < 1.29 is 48.7 Å². The van der Waals surface area contributed by atoms with E-state index in [9.17, 15) is 8.42 Å². The maximum atomic E-state index is 11.1. The van der Waals surface area contributed by atoms with Crippen LogP contribution in [0.25, 0.3) is 6.08 Å². The Labute approximate surface area is 119 Å². The Balaban J connectivity index is 0. The molecule has 0 heterocycles. The van der Waals surface area contributed by atoms with Gasteiger partial charge in [-0.25, -0.2) is 0 Å². The molecular formula is C10H13NaO4S. The summed E-state index contributed by atoms with van der Waals surface area (Å²) in [5.74, 6) is 0. The summed E-state index contributed by atoms with van der Waals surface area (Å²) in [6.45, 7) is -0.542. The smallest absolute Gasteiger partial charge is 1.00 e. The van der Waals surface area contributed by atoms with Gasteiger partial charge in [0.2, 0.25) is 0 Å². The van der Waals surface area contributed by atoms with E-state index in [0.29, 0.717) is 0 Å². The molecule has 84 valence electrons. The van der Waals surface area contributed by atoms with E-state index in [-0.39, 0.29) is 44.2 Å². The van der Waals surface area contributed by atoms with E-state index < -0.39 is 10.1 Å². The molecule has 1 aromatic rings. The Morgan fingerprint density at radius 3 is 2.50 bits per heavy atom. The number of aliphatic hydroxyl groups excluding tert-OH is 1. The van der Waals surface area contributed by atoms with E-state index in [1.807, 2.05) is 6.07 Å². The summed E-state index contributed by atoms with van der Waals surface area (Å²) >= 11 is 0. The largest absolute Gasteiger partial charge is 1.00 e. The Morgan fingerprint density at radius 1 is 1.31 bits per heavy atom. The molecule has 0 bridgehead atoms. The molecule has 4 nitrogen and oxygen atoms in total. The quantitative estimate of drug-likeness (QED) is 0.492. The Kier molecular flexibility index (Phi) is 7.91. The standard InChI is InChI=1S/C10H12O4S.Na.H/c11-7-8-14-15(12,13)9-6-10-4-2-1-3-5-10;;/h1-6,9,11H,7-8H2;;/q;+1;-1. The molecule has 0 saturated heterocycles. The minimum absolute atomic E-state index is 0. The molecule has 1 aromatic carbocycles. The number of aliphatic hydroxyl groups is 1. The van der Waals surface area contributed by atoms with Crippen LogP contribution in [0.2, 0.25) is 0 Å². The van der Waals surface area contributed by atoms with Crippen molar-refractivity contribution in [3.8, 4) is 0 Å². The van der Waals surface area contributed by atoms with Crippen molar-refractivity contribution >= 4 is 16.2 Å². The van der Waals surface area contributed by atoms with Crippen LogP contribution in [-0.4, -0.2) is 26.7 Å². The monoisotopic (exact) mass is 252 g/mol. The van der Waals surface area contributed by atoms with Crippen LogP contribution in [-0.2, 0) is 14.3 Å². The summed E-state index contributed by atoms with van der Waals surface area (Å²) in [6, 6.07) is 9.01. The zero-order chi connectivity index (χ0) is 11.1. The molecule has 0 unspecified atom stereocenters. The maximum Gasteiger partial charge on any atom is 1.00 e. The minimum atomic E-state index is -3.68. The Morgan fingerprint density at radius 2 is 1.94 bits per heavy atom. The molecule has 6 heteroatoms. The van der Waals surface area contributed by atoms with Gasteiger partial charge >= 0.3 is 29.6 Å². The predicted molar refractivity (Wildman–Crippen MR) is 58.5 cm³/mol. The van der Waals surface area contributed by atoms with Crippen LogP contribution >= 0.6 is 0 Å². The predicted octanol–water partition coefficient (Wildman–Crippen LogP) is -1.89. The van der Waals surface area contributed by atoms with E-state index in [1.54, 1.807) is 24.3 Å². The summed E-state index contributed by atoms with van der Waals surface area (Å²) in [4.78, 5) is 0. The van der Waals surface area contributed by atoms with Gasteiger partial charge in [-0.15, -0.1) is 0 Å². The van der Waals surface area contributed by atoms with E-state index >= 15 is 0 Å². The molecule has 0 radical (unpaired) electrons. The molecule has 1 rings (SSSR count). The first-order valence-corrected chi connectivity index (χ1v) is 5.84. The topological polar surface area (TPSA) is 63.6 Å². The molecule has 0 amide bonds. The maximum absolute atomic E-state index is 11.1. The summed E-state index contributed by atoms with van der Waals surface area (Å²) in [7, 11) is -3.68. The minimum Gasteiger partial charge on any atom is -1.00 e. The molecule has 0 aliphatic carbocycles. The summed E-state index contributed by atoms with van der Waals surface area (Å²) in [5.41, 5.74) is 0.772. The molecule has 1 N–H and O–H groups in total. The second-order valence-corrected chi connectivity index (χ2v) is 4.25. The van der Waals surface area contributed by atoms with Gasteiger partial charge in [0, 0.05) is 0 Å². The van der Waals surface area contributed by atoms with Gasteiger partial charge in [-0.2, -0.15) is 8.42 Å². The average molecular weight is 252 g/mol. The third kappa shape index (κ3) is 6.42. The number of benzene rings is 1. The number of rotatable bonds is 5. The van der Waals surface area contributed by atoms with E-state index in [1.165, 1.54) is 6.08 Å². The third-order valence-corrected chi connectivity index (χ3v) is 2.53. The molecular weight excluding hydrogens is 239 g/mol. The first-order valence-electron chi connectivity index (χ1n) is 4.37. The van der Waals surface area contributed by atoms with Crippen LogP contribution in [0.15, 0.2) is 35.7 Å². The van der Waals surface area contributed by atoms with Gasteiger partial charge in [0.1, 0.15) is 0 Å². The van der Waals surface area contributed by atoms with Crippen molar-refractivity contribution in [2.75, 3.05) is 13.2 Å². The average Bonchev–Trinajstić information content (AvgIpc) is 2.25. The van der Waals surface area contributed by atoms with Gasteiger partial charge in [-0.3, -0.25) is 4.18 Å². The number of hydrogen-bond acceptors (Lipinski definition) is 4. The van der Waals surface area contributed by atoms with Gasteiger partial charge in [0.25, 0.3) is 10.1 Å². The van der Waals surface area contributed by atoms with Crippen molar-refractivity contribution in [2.24, 2.45) is 0 Å². The van der Waals surface area contributed by atoms with Gasteiger partial charge in [-0.1, -0.05) is 30.3 Å². The van der Waals surface area contributed by atoms with Crippen LogP contribution in [0.3, 0.4) is 0 Å². The second kappa shape index (κ2) is 8.00. The van der Waals surface area contributed by atoms with E-state index in [4.69, 9.17) is 5.11 Å². The molecule has 0 fully saturated rings. The molecule has 0 atom stereocenters. The van der Waals surface area contributed by atoms with Crippen LogP contribution in [0.4, 0.5) is 0 Å². The van der Waals surface area contributed by atoms with Crippen LogP contribution in [0.5, 0.6) is 0 Å². The van der Waals surface area contributed by atoms with Crippen LogP contribution in [0, 0.1) is 0 Å². The fourth-order valence-corrected chi connectivity index (χ4v) is 1.63. The van der Waals surface area contributed by atoms with Crippen molar-refractivity contribution in [3.05, 3.63) is 41.3 Å². The zero-order valence-electron chi connectivity index (χ0n) is 10.0. The first-order chi connectivity index (χ1) is 7.14. The van der Waals surface area contributed by atoms with Crippen LogP contribution < -0.4 is 29.6 Å². The fourth-order valence-electron chi connectivity index (χ4n) is 0.919. The van der Waals surface area contributed by atoms with Gasteiger partial charge in [0.05, 0.1) is 18.6 Å². The summed E-state index contributed by atoms with van der Waals surface area (Å²) in [5, 5.41) is 9.37. The molecule has 0 saturated carbocycles. The molecule has 0 aliphatic heterocycles. The molecule has 0 aliphatic rings. The second-order valence-electron chi connectivity index (χ2n) is 2.75. The Bertz CT molecular complexity index is 419. The fraction of sp³-hybridized carbons (Fsp3) is 0.200. The number of hydrogen-bond donors (Lipinski definition) is 1.